The van der Waals surface area contributed by atoms with Gasteiger partial charge in [0.25, 0.3) is 5.56 Å². The molecule has 0 radical (unpaired) electrons. The molecule has 0 bridgehead atoms. The van der Waals surface area contributed by atoms with E-state index in [9.17, 15) is 4.79 Å². The molecule has 130 valence electrons. The summed E-state index contributed by atoms with van der Waals surface area (Å²) in [6.07, 6.45) is 2.83. The van der Waals surface area contributed by atoms with Crippen molar-refractivity contribution in [1.82, 2.24) is 20.2 Å². The molecular weight excluding hydrogens is 326 g/mol. The van der Waals surface area contributed by atoms with Crippen molar-refractivity contribution in [2.45, 2.75) is 13.3 Å². The first-order valence-corrected chi connectivity index (χ1v) is 8.53. The zero-order valence-electron chi connectivity index (χ0n) is 14.4. The zero-order valence-corrected chi connectivity index (χ0v) is 14.4. The maximum Gasteiger partial charge on any atom is 0.279 e. The number of H-pyrrole nitrogens is 2. The van der Waals surface area contributed by atoms with E-state index in [2.05, 4.69) is 37.6 Å². The van der Waals surface area contributed by atoms with Crippen molar-refractivity contribution in [1.29, 1.82) is 0 Å². The molecule has 2 aromatic carbocycles. The maximum atomic E-state index is 12.3. The van der Waals surface area contributed by atoms with E-state index in [1.807, 2.05) is 49.5 Å². The minimum Gasteiger partial charge on any atom is -0.361 e. The van der Waals surface area contributed by atoms with Crippen LogP contribution in [-0.4, -0.2) is 26.7 Å². The van der Waals surface area contributed by atoms with Gasteiger partial charge in [-0.15, -0.1) is 10.2 Å². The second kappa shape index (κ2) is 6.84. The highest BCUT2D eigenvalue weighted by atomic mass is 16.1. The standard InChI is InChI=1S/C20H19N5O/c1-13-6-8-14(9-7-13)18-19(26)23-20(25-24-18)21-11-10-15-12-22-17-5-3-2-4-16(15)17/h2-9,12,22H,10-11H2,1H3,(H2,21,23,25,26). The van der Waals surface area contributed by atoms with Gasteiger partial charge in [-0.25, -0.2) is 0 Å². The normalized spacial score (nSPS) is 11.0. The molecule has 4 rings (SSSR count). The van der Waals surface area contributed by atoms with E-state index < -0.39 is 0 Å². The van der Waals surface area contributed by atoms with E-state index in [1.165, 1.54) is 10.9 Å². The average Bonchev–Trinajstić information content (AvgIpc) is 3.06. The summed E-state index contributed by atoms with van der Waals surface area (Å²) >= 11 is 0. The summed E-state index contributed by atoms with van der Waals surface area (Å²) in [5.74, 6) is 0.380. The van der Waals surface area contributed by atoms with Crippen LogP contribution in [0.2, 0.25) is 0 Å². The lowest BCUT2D eigenvalue weighted by molar-refractivity contribution is 0.917. The molecule has 4 aromatic rings. The van der Waals surface area contributed by atoms with Gasteiger partial charge in [0.1, 0.15) is 0 Å². The molecule has 2 aromatic heterocycles. The number of aryl methyl sites for hydroxylation is 1. The lowest BCUT2D eigenvalue weighted by Gasteiger charge is -2.05. The molecule has 0 saturated carbocycles. The Morgan fingerprint density at radius 1 is 1.04 bits per heavy atom. The lowest BCUT2D eigenvalue weighted by atomic mass is 10.1. The maximum absolute atomic E-state index is 12.3. The summed E-state index contributed by atoms with van der Waals surface area (Å²) in [4.78, 5) is 18.3. The Morgan fingerprint density at radius 2 is 1.85 bits per heavy atom. The summed E-state index contributed by atoms with van der Waals surface area (Å²) in [7, 11) is 0. The minimum atomic E-state index is -0.251. The Balaban J connectivity index is 1.45. The van der Waals surface area contributed by atoms with Crippen LogP contribution in [0.5, 0.6) is 0 Å². The van der Waals surface area contributed by atoms with Gasteiger partial charge in [0.15, 0.2) is 5.69 Å². The Morgan fingerprint density at radius 3 is 2.65 bits per heavy atom. The minimum absolute atomic E-state index is 0.251. The number of nitrogens with one attached hydrogen (secondary N) is 3. The van der Waals surface area contributed by atoms with Crippen LogP contribution in [0.3, 0.4) is 0 Å². The van der Waals surface area contributed by atoms with Gasteiger partial charge in [0.2, 0.25) is 5.95 Å². The SMILES string of the molecule is Cc1ccc(-c2nnc(NCCc3c[nH]c4ccccc34)[nH]c2=O)cc1. The van der Waals surface area contributed by atoms with Crippen LogP contribution >= 0.6 is 0 Å². The van der Waals surface area contributed by atoms with Gasteiger partial charge in [-0.1, -0.05) is 48.0 Å². The van der Waals surface area contributed by atoms with Crippen molar-refractivity contribution < 1.29 is 0 Å². The van der Waals surface area contributed by atoms with Crippen LogP contribution in [-0.2, 0) is 6.42 Å². The number of hydrogen-bond donors (Lipinski definition) is 3. The molecule has 0 saturated heterocycles. The molecule has 0 atom stereocenters. The fourth-order valence-electron chi connectivity index (χ4n) is 2.97. The molecule has 2 heterocycles. The number of aromatic nitrogens is 4. The summed E-state index contributed by atoms with van der Waals surface area (Å²) in [5.41, 5.74) is 4.31. The Kier molecular flexibility index (Phi) is 4.23. The van der Waals surface area contributed by atoms with E-state index in [4.69, 9.17) is 0 Å². The molecule has 0 aliphatic heterocycles. The predicted octanol–water partition coefficient (Wildman–Crippen LogP) is 3.28. The fraction of sp³-hybridized carbons (Fsp3) is 0.150. The van der Waals surface area contributed by atoms with Crippen molar-refractivity contribution in [3.05, 3.63) is 76.2 Å². The van der Waals surface area contributed by atoms with E-state index in [-0.39, 0.29) is 5.56 Å². The molecule has 26 heavy (non-hydrogen) atoms. The largest absolute Gasteiger partial charge is 0.361 e. The predicted molar refractivity (Wildman–Crippen MR) is 103 cm³/mol. The highest BCUT2D eigenvalue weighted by molar-refractivity contribution is 5.83. The third-order valence-corrected chi connectivity index (χ3v) is 4.38. The summed E-state index contributed by atoms with van der Waals surface area (Å²) in [6.45, 7) is 2.65. The van der Waals surface area contributed by atoms with E-state index in [1.54, 1.807) is 0 Å². The van der Waals surface area contributed by atoms with Crippen molar-refractivity contribution in [3.63, 3.8) is 0 Å². The monoisotopic (exact) mass is 345 g/mol. The molecule has 0 spiro atoms. The van der Waals surface area contributed by atoms with E-state index in [0.29, 0.717) is 18.2 Å². The Labute approximate surface area is 150 Å². The fourth-order valence-corrected chi connectivity index (χ4v) is 2.97. The summed E-state index contributed by atoms with van der Waals surface area (Å²) < 4.78 is 0. The quantitative estimate of drug-likeness (QED) is 0.518. The first-order chi connectivity index (χ1) is 12.7. The van der Waals surface area contributed by atoms with Gasteiger partial charge in [0, 0.05) is 29.2 Å². The topological polar surface area (TPSA) is 86.5 Å². The van der Waals surface area contributed by atoms with Gasteiger partial charge in [-0.2, -0.15) is 0 Å². The molecule has 6 heteroatoms. The summed E-state index contributed by atoms with van der Waals surface area (Å²) in [6, 6.07) is 15.8. The third kappa shape index (κ3) is 3.21. The van der Waals surface area contributed by atoms with Crippen LogP contribution in [0, 0.1) is 6.92 Å². The molecule has 6 nitrogen and oxygen atoms in total. The number of nitrogens with zero attached hydrogens (tertiary/aromatic N) is 2. The van der Waals surface area contributed by atoms with Crippen molar-refractivity contribution >= 4 is 16.9 Å². The Hall–Kier alpha value is -3.41. The molecule has 0 amide bonds. The number of fused-ring (bicyclic) bond motifs is 1. The van der Waals surface area contributed by atoms with Gasteiger partial charge in [-0.05, 0) is 25.0 Å². The zero-order chi connectivity index (χ0) is 17.9. The van der Waals surface area contributed by atoms with Gasteiger partial charge in [0.05, 0.1) is 0 Å². The molecular formula is C20H19N5O. The number of hydrogen-bond acceptors (Lipinski definition) is 4. The van der Waals surface area contributed by atoms with Gasteiger partial charge in [-0.3, -0.25) is 9.78 Å². The van der Waals surface area contributed by atoms with Crippen LogP contribution < -0.4 is 10.9 Å². The summed E-state index contributed by atoms with van der Waals surface area (Å²) in [5, 5.41) is 12.5. The number of benzene rings is 2. The van der Waals surface area contributed by atoms with Crippen LogP contribution in [0.15, 0.2) is 59.5 Å². The smallest absolute Gasteiger partial charge is 0.279 e. The van der Waals surface area contributed by atoms with Gasteiger partial charge < -0.3 is 10.3 Å². The highest BCUT2D eigenvalue weighted by Gasteiger charge is 2.08. The second-order valence-corrected chi connectivity index (χ2v) is 6.25. The van der Waals surface area contributed by atoms with Crippen molar-refractivity contribution in [2.24, 2.45) is 0 Å². The number of anilines is 1. The Bertz CT molecular complexity index is 1100. The molecule has 0 fully saturated rings. The lowest BCUT2D eigenvalue weighted by Crippen LogP contribution is -2.18. The first kappa shape index (κ1) is 16.1. The number of rotatable bonds is 5. The number of aromatic amines is 2. The second-order valence-electron chi connectivity index (χ2n) is 6.25. The molecule has 0 unspecified atom stereocenters. The van der Waals surface area contributed by atoms with Crippen LogP contribution in [0.4, 0.5) is 5.95 Å². The van der Waals surface area contributed by atoms with Crippen LogP contribution in [0.1, 0.15) is 11.1 Å². The average molecular weight is 345 g/mol. The van der Waals surface area contributed by atoms with Gasteiger partial charge >= 0.3 is 0 Å². The van der Waals surface area contributed by atoms with Crippen molar-refractivity contribution in [2.75, 3.05) is 11.9 Å². The molecule has 0 aliphatic rings. The highest BCUT2D eigenvalue weighted by Crippen LogP contribution is 2.18. The van der Waals surface area contributed by atoms with E-state index in [0.717, 1.165) is 23.1 Å². The first-order valence-electron chi connectivity index (χ1n) is 8.53. The number of para-hydroxylation sites is 1. The molecule has 3 N–H and O–H groups in total. The third-order valence-electron chi connectivity index (χ3n) is 4.38. The van der Waals surface area contributed by atoms with Crippen molar-refractivity contribution in [3.8, 4) is 11.3 Å². The van der Waals surface area contributed by atoms with Crippen LogP contribution in [0.25, 0.3) is 22.2 Å². The van der Waals surface area contributed by atoms with E-state index >= 15 is 0 Å². The molecule has 0 aliphatic carbocycles.